The molecule has 5 nitrogen and oxygen atoms in total. The number of nitrogens with zero attached hydrogens (tertiary/aromatic N) is 2. The van der Waals surface area contributed by atoms with Gasteiger partial charge in [0.2, 0.25) is 0 Å². The van der Waals surface area contributed by atoms with E-state index in [1.54, 1.807) is 0 Å². The summed E-state index contributed by atoms with van der Waals surface area (Å²) in [6.07, 6.45) is 22.2. The maximum atomic E-state index is 10.8. The number of allylic oxidation sites excluding steroid dienone is 3. The average molecular weight is 503 g/mol. The van der Waals surface area contributed by atoms with Crippen molar-refractivity contribution < 1.29 is 13.0 Å². The maximum absolute atomic E-state index is 10.8. The number of unbranched alkanes of at least 4 members (excludes halogenated alkanes) is 7. The molecule has 0 spiro atoms. The van der Waals surface area contributed by atoms with Gasteiger partial charge in [-0.2, -0.15) is 8.42 Å². The lowest BCUT2D eigenvalue weighted by Gasteiger charge is -2.25. The molecule has 1 aromatic carbocycles. The number of anilines is 1. The van der Waals surface area contributed by atoms with Crippen LogP contribution in [0.15, 0.2) is 54.3 Å². The molecule has 1 aliphatic heterocycles. The molecule has 1 heterocycles. The second-order valence-electron chi connectivity index (χ2n) is 9.54. The van der Waals surface area contributed by atoms with E-state index in [-0.39, 0.29) is 5.75 Å². The first kappa shape index (κ1) is 29.2. The van der Waals surface area contributed by atoms with Crippen LogP contribution in [0.4, 0.5) is 5.69 Å². The summed E-state index contributed by atoms with van der Waals surface area (Å²) in [6.45, 7) is 8.42. The standard InChI is InChI=1S/C29H46N2O3S/c1-3-5-7-9-22-31(23-10-8-6-4-2)29-17-15-27(16-18-29)13-14-28-19-24-30(25-20-28)21-11-12-26-35(32,33)34/h13-20,24H,3-12,21-23,25-26H2,1-2H3,(H,32,33,34). The summed E-state index contributed by atoms with van der Waals surface area (Å²) in [5, 5.41) is 0. The molecule has 0 saturated heterocycles. The van der Waals surface area contributed by atoms with Gasteiger partial charge in [-0.1, -0.05) is 82.7 Å². The van der Waals surface area contributed by atoms with Crippen molar-refractivity contribution in [3.8, 4) is 0 Å². The number of rotatable bonds is 18. The Bertz CT molecular complexity index is 892. The zero-order chi connectivity index (χ0) is 25.4. The first-order chi connectivity index (χ1) is 16.9. The third kappa shape index (κ3) is 13.0. The van der Waals surface area contributed by atoms with Crippen molar-refractivity contribution in [3.05, 3.63) is 59.8 Å². The Balaban J connectivity index is 1.83. The normalized spacial score (nSPS) is 14.0. The minimum absolute atomic E-state index is 0.164. The molecule has 1 aliphatic rings. The Kier molecular flexibility index (Phi) is 13.8. The molecular formula is C29H46N2O3S. The van der Waals surface area contributed by atoms with E-state index in [1.165, 1.54) is 68.2 Å². The minimum Gasteiger partial charge on any atom is -0.374 e. The van der Waals surface area contributed by atoms with E-state index in [2.05, 4.69) is 78.4 Å². The van der Waals surface area contributed by atoms with Crippen molar-refractivity contribution in [3.63, 3.8) is 0 Å². The smallest absolute Gasteiger partial charge is 0.264 e. The Labute approximate surface area is 214 Å². The largest absolute Gasteiger partial charge is 0.374 e. The van der Waals surface area contributed by atoms with Gasteiger partial charge in [-0.3, -0.25) is 4.55 Å². The van der Waals surface area contributed by atoms with E-state index in [0.717, 1.165) is 32.6 Å². The summed E-state index contributed by atoms with van der Waals surface area (Å²) in [6, 6.07) is 8.95. The lowest BCUT2D eigenvalue weighted by Crippen LogP contribution is -2.25. The quantitative estimate of drug-likeness (QED) is 0.171. The van der Waals surface area contributed by atoms with Crippen LogP contribution in [0, 0.1) is 0 Å². The molecule has 0 radical (unpaired) electrons. The fraction of sp³-hybridized carbons (Fsp3) is 0.586. The van der Waals surface area contributed by atoms with Crippen molar-refractivity contribution in [2.24, 2.45) is 0 Å². The van der Waals surface area contributed by atoms with Crippen LogP contribution in [0.25, 0.3) is 6.08 Å². The molecule has 0 bridgehead atoms. The van der Waals surface area contributed by atoms with Crippen molar-refractivity contribution in [2.75, 3.05) is 36.8 Å². The molecule has 0 amide bonds. The molecule has 0 atom stereocenters. The van der Waals surface area contributed by atoms with Gasteiger partial charge in [-0.05, 0) is 61.2 Å². The highest BCUT2D eigenvalue weighted by molar-refractivity contribution is 7.85. The van der Waals surface area contributed by atoms with Gasteiger partial charge in [-0.25, -0.2) is 0 Å². The summed E-state index contributed by atoms with van der Waals surface area (Å²) in [5.74, 6) is -0.164. The summed E-state index contributed by atoms with van der Waals surface area (Å²) < 4.78 is 30.4. The molecular weight excluding hydrogens is 456 g/mol. The highest BCUT2D eigenvalue weighted by Gasteiger charge is 2.08. The molecule has 1 N–H and O–H groups in total. The van der Waals surface area contributed by atoms with Crippen LogP contribution in [0.1, 0.15) is 83.6 Å². The van der Waals surface area contributed by atoms with Gasteiger partial charge in [0, 0.05) is 31.9 Å². The monoisotopic (exact) mass is 502 g/mol. The van der Waals surface area contributed by atoms with Crippen molar-refractivity contribution in [2.45, 2.75) is 78.1 Å². The minimum atomic E-state index is -3.85. The second kappa shape index (κ2) is 16.6. The van der Waals surface area contributed by atoms with Crippen molar-refractivity contribution in [1.29, 1.82) is 0 Å². The van der Waals surface area contributed by atoms with Gasteiger partial charge in [0.05, 0.1) is 5.75 Å². The van der Waals surface area contributed by atoms with Gasteiger partial charge in [0.15, 0.2) is 0 Å². The molecule has 0 aliphatic carbocycles. The first-order valence-electron chi connectivity index (χ1n) is 13.5. The van der Waals surface area contributed by atoms with E-state index >= 15 is 0 Å². The summed E-state index contributed by atoms with van der Waals surface area (Å²) in [7, 11) is -3.85. The molecule has 196 valence electrons. The molecule has 0 aromatic heterocycles. The van der Waals surface area contributed by atoms with E-state index in [9.17, 15) is 8.42 Å². The molecule has 0 saturated carbocycles. The Morgan fingerprint density at radius 1 is 0.886 bits per heavy atom. The van der Waals surface area contributed by atoms with Gasteiger partial charge < -0.3 is 9.80 Å². The molecule has 2 rings (SSSR count). The third-order valence-electron chi connectivity index (χ3n) is 6.43. The van der Waals surface area contributed by atoms with Crippen molar-refractivity contribution in [1.82, 2.24) is 4.90 Å². The summed E-state index contributed by atoms with van der Waals surface area (Å²) in [4.78, 5) is 4.72. The fourth-order valence-electron chi connectivity index (χ4n) is 4.25. The fourth-order valence-corrected chi connectivity index (χ4v) is 4.82. The van der Waals surface area contributed by atoms with Crippen LogP contribution >= 0.6 is 0 Å². The van der Waals surface area contributed by atoms with Gasteiger partial charge in [-0.15, -0.1) is 0 Å². The van der Waals surface area contributed by atoms with Crippen LogP contribution in [0.3, 0.4) is 0 Å². The van der Waals surface area contributed by atoms with E-state index < -0.39 is 10.1 Å². The van der Waals surface area contributed by atoms with Gasteiger partial charge >= 0.3 is 0 Å². The van der Waals surface area contributed by atoms with E-state index in [4.69, 9.17) is 4.55 Å². The number of hydrogen-bond donors (Lipinski definition) is 1. The van der Waals surface area contributed by atoms with Gasteiger partial charge in [0.25, 0.3) is 10.1 Å². The molecule has 35 heavy (non-hydrogen) atoms. The van der Waals surface area contributed by atoms with Crippen LogP contribution in [0.5, 0.6) is 0 Å². The average Bonchev–Trinajstić information content (AvgIpc) is 2.85. The molecule has 0 unspecified atom stereocenters. The number of benzene rings is 1. The predicted molar refractivity (Wildman–Crippen MR) is 150 cm³/mol. The lowest BCUT2D eigenvalue weighted by atomic mass is 10.1. The highest BCUT2D eigenvalue weighted by atomic mass is 32.2. The molecule has 6 heteroatoms. The Morgan fingerprint density at radius 3 is 2.09 bits per heavy atom. The molecule has 0 fully saturated rings. The second-order valence-corrected chi connectivity index (χ2v) is 11.1. The van der Waals surface area contributed by atoms with Crippen LogP contribution in [0.2, 0.25) is 0 Å². The Hall–Kier alpha value is -2.05. The third-order valence-corrected chi connectivity index (χ3v) is 7.23. The van der Waals surface area contributed by atoms with E-state index in [1.807, 2.05) is 0 Å². The maximum Gasteiger partial charge on any atom is 0.264 e. The number of hydrogen-bond acceptors (Lipinski definition) is 4. The van der Waals surface area contributed by atoms with Crippen LogP contribution in [-0.2, 0) is 10.1 Å². The summed E-state index contributed by atoms with van der Waals surface area (Å²) >= 11 is 0. The lowest BCUT2D eigenvalue weighted by molar-refractivity contribution is 0.398. The van der Waals surface area contributed by atoms with Crippen LogP contribution < -0.4 is 4.90 Å². The molecule has 1 aromatic rings. The zero-order valence-corrected chi connectivity index (χ0v) is 22.7. The first-order valence-corrected chi connectivity index (χ1v) is 15.1. The topological polar surface area (TPSA) is 60.9 Å². The van der Waals surface area contributed by atoms with Gasteiger partial charge in [0.1, 0.15) is 0 Å². The SMILES string of the molecule is CCCCCCN(CCCCCC)c1ccc(C=CC2=CCN(CCCCS(=O)(=O)O)C=C2)cc1. The predicted octanol–water partition coefficient (Wildman–Crippen LogP) is 7.09. The Morgan fingerprint density at radius 2 is 1.54 bits per heavy atom. The van der Waals surface area contributed by atoms with Crippen molar-refractivity contribution >= 4 is 21.9 Å². The zero-order valence-electron chi connectivity index (χ0n) is 21.9. The van der Waals surface area contributed by atoms with E-state index in [0.29, 0.717) is 6.42 Å². The van der Waals surface area contributed by atoms with Crippen LogP contribution in [-0.4, -0.2) is 49.8 Å². The summed E-state index contributed by atoms with van der Waals surface area (Å²) in [5.41, 5.74) is 3.71. The highest BCUT2D eigenvalue weighted by Crippen LogP contribution is 2.19.